The van der Waals surface area contributed by atoms with E-state index in [-0.39, 0.29) is 29.1 Å². The van der Waals surface area contributed by atoms with Crippen molar-refractivity contribution in [3.63, 3.8) is 0 Å². The highest BCUT2D eigenvalue weighted by Crippen LogP contribution is 2.31. The maximum absolute atomic E-state index is 13.3. The molecule has 0 bridgehead atoms. The number of aliphatic hydroxyl groups excluding tert-OH is 1. The van der Waals surface area contributed by atoms with E-state index in [0.29, 0.717) is 21.8 Å². The molecule has 204 valence electrons. The summed E-state index contributed by atoms with van der Waals surface area (Å²) in [5.41, 5.74) is 1.36. The number of benzene rings is 3. The van der Waals surface area contributed by atoms with E-state index in [1.54, 1.807) is 48.5 Å². The number of hydrogen-bond acceptors (Lipinski definition) is 7. The fourth-order valence-corrected chi connectivity index (χ4v) is 5.40. The van der Waals surface area contributed by atoms with Crippen molar-refractivity contribution in [3.05, 3.63) is 77.3 Å². The number of esters is 1. The number of carbonyl (C=O) groups excluding carboxylic acids is 3. The molecule has 12 heteroatoms. The number of anilines is 2. The van der Waals surface area contributed by atoms with Gasteiger partial charge in [-0.1, -0.05) is 35.9 Å². The van der Waals surface area contributed by atoms with Gasteiger partial charge in [-0.15, -0.1) is 0 Å². The largest absolute Gasteiger partial charge is 0.465 e. The van der Waals surface area contributed by atoms with E-state index in [0.717, 1.165) is 6.26 Å². The van der Waals surface area contributed by atoms with Crippen molar-refractivity contribution in [1.29, 1.82) is 0 Å². The van der Waals surface area contributed by atoms with E-state index in [4.69, 9.17) is 16.3 Å². The molecule has 1 heterocycles. The molecule has 1 fully saturated rings. The van der Waals surface area contributed by atoms with Gasteiger partial charge in [-0.25, -0.2) is 18.0 Å². The Kier molecular flexibility index (Phi) is 8.24. The van der Waals surface area contributed by atoms with Crippen molar-refractivity contribution < 1.29 is 32.6 Å². The van der Waals surface area contributed by atoms with E-state index in [2.05, 4.69) is 10.6 Å². The molecule has 0 spiro atoms. The summed E-state index contributed by atoms with van der Waals surface area (Å²) in [4.78, 5) is 40.1. The van der Waals surface area contributed by atoms with Crippen molar-refractivity contribution in [2.75, 3.05) is 30.5 Å². The lowest BCUT2D eigenvalue weighted by molar-refractivity contribution is -0.119. The van der Waals surface area contributed by atoms with Gasteiger partial charge in [0.15, 0.2) is 9.84 Å². The maximum atomic E-state index is 13.3. The normalized spacial score (nSPS) is 17.0. The molecule has 0 saturated carbocycles. The molecule has 3 aromatic carbocycles. The van der Waals surface area contributed by atoms with Gasteiger partial charge in [-0.05, 0) is 48.0 Å². The van der Waals surface area contributed by atoms with Crippen LogP contribution in [0.25, 0.3) is 11.1 Å². The minimum Gasteiger partial charge on any atom is -0.465 e. The summed E-state index contributed by atoms with van der Waals surface area (Å²) in [5, 5.41) is 16.1. The van der Waals surface area contributed by atoms with Crippen LogP contribution in [-0.2, 0) is 19.4 Å². The Balaban J connectivity index is 1.61. The number of hydrogen-bond donors (Lipinski definition) is 3. The second kappa shape index (κ2) is 11.4. The van der Waals surface area contributed by atoms with E-state index >= 15 is 0 Å². The maximum Gasteiger partial charge on any atom is 0.339 e. The molecule has 1 saturated heterocycles. The molecule has 2 atom stereocenters. The Morgan fingerprint density at radius 2 is 1.72 bits per heavy atom. The van der Waals surface area contributed by atoms with Crippen molar-refractivity contribution in [1.82, 2.24) is 4.90 Å². The SMILES string of the molecule is COC(=O)c1cc(-c2ccccc2S(C)(=O)=O)ccc1NC(=O)C1CC(O)CN1C(=O)Nc1ccc(Cl)cc1. The van der Waals surface area contributed by atoms with Crippen molar-refractivity contribution in [2.24, 2.45) is 0 Å². The number of amides is 3. The Bertz CT molecular complexity index is 1530. The Morgan fingerprint density at radius 3 is 2.38 bits per heavy atom. The van der Waals surface area contributed by atoms with E-state index in [9.17, 15) is 27.9 Å². The predicted molar refractivity (Wildman–Crippen MR) is 147 cm³/mol. The fourth-order valence-electron chi connectivity index (χ4n) is 4.36. The number of ether oxygens (including phenoxy) is 1. The average Bonchev–Trinajstić information content (AvgIpc) is 3.31. The summed E-state index contributed by atoms with van der Waals surface area (Å²) in [6.07, 6.45) is 0.159. The summed E-state index contributed by atoms with van der Waals surface area (Å²) >= 11 is 5.89. The summed E-state index contributed by atoms with van der Waals surface area (Å²) in [7, 11) is -2.38. The minimum absolute atomic E-state index is 0.00670. The van der Waals surface area contributed by atoms with E-state index < -0.39 is 39.9 Å². The van der Waals surface area contributed by atoms with Gasteiger partial charge in [0.25, 0.3) is 0 Å². The van der Waals surface area contributed by atoms with Crippen LogP contribution in [0, 0.1) is 0 Å². The molecule has 0 aromatic heterocycles. The molecule has 1 aliphatic heterocycles. The van der Waals surface area contributed by atoms with Gasteiger partial charge < -0.3 is 25.4 Å². The number of urea groups is 1. The van der Waals surface area contributed by atoms with Crippen LogP contribution >= 0.6 is 11.6 Å². The van der Waals surface area contributed by atoms with Crippen molar-refractivity contribution >= 4 is 50.7 Å². The molecule has 3 aromatic rings. The zero-order chi connectivity index (χ0) is 28.3. The smallest absolute Gasteiger partial charge is 0.339 e. The number of aliphatic hydroxyl groups is 1. The van der Waals surface area contributed by atoms with Gasteiger partial charge in [0.1, 0.15) is 6.04 Å². The highest BCUT2D eigenvalue weighted by Gasteiger charge is 2.39. The molecular weight excluding hydrogens is 546 g/mol. The second-order valence-corrected chi connectivity index (χ2v) is 11.4. The molecule has 39 heavy (non-hydrogen) atoms. The molecular formula is C27H26ClN3O7S. The molecule has 1 aliphatic rings. The number of methoxy groups -OCH3 is 1. The van der Waals surface area contributed by atoms with Crippen LogP contribution in [0.4, 0.5) is 16.2 Å². The first kappa shape index (κ1) is 28.1. The minimum atomic E-state index is -3.56. The van der Waals surface area contributed by atoms with Crippen LogP contribution in [0.1, 0.15) is 16.8 Å². The van der Waals surface area contributed by atoms with Gasteiger partial charge >= 0.3 is 12.0 Å². The Hall–Kier alpha value is -3.93. The van der Waals surface area contributed by atoms with Crippen LogP contribution in [0.15, 0.2) is 71.6 Å². The van der Waals surface area contributed by atoms with Gasteiger partial charge in [-0.2, -0.15) is 0 Å². The first-order valence-corrected chi connectivity index (χ1v) is 14.1. The quantitative estimate of drug-likeness (QED) is 0.382. The standard InChI is InChI=1S/C27H26ClN3O7S/c1-38-26(34)21-13-16(20-5-3-4-6-24(20)39(2,36)37)7-12-22(21)30-25(33)23-14-19(32)15-31(23)27(35)29-18-10-8-17(28)9-11-18/h3-13,19,23,32H,14-15H2,1-2H3,(H,29,35)(H,30,33). The third kappa shape index (κ3) is 6.39. The lowest BCUT2D eigenvalue weighted by atomic mass is 10.0. The van der Waals surface area contributed by atoms with Gasteiger partial charge in [0.2, 0.25) is 5.91 Å². The number of carbonyl (C=O) groups is 3. The fraction of sp³-hybridized carbons (Fsp3) is 0.222. The van der Waals surface area contributed by atoms with E-state index in [1.165, 1.54) is 30.2 Å². The van der Waals surface area contributed by atoms with Gasteiger partial charge in [-0.3, -0.25) is 4.79 Å². The van der Waals surface area contributed by atoms with Crippen LogP contribution < -0.4 is 10.6 Å². The lowest BCUT2D eigenvalue weighted by Crippen LogP contribution is -2.45. The number of likely N-dealkylation sites (tertiary alicyclic amines) is 1. The molecule has 3 N–H and O–H groups in total. The van der Waals surface area contributed by atoms with Gasteiger partial charge in [0.05, 0.1) is 29.4 Å². The number of halogens is 1. The average molecular weight is 572 g/mol. The first-order chi connectivity index (χ1) is 18.5. The molecule has 0 radical (unpaired) electrons. The molecule has 10 nitrogen and oxygen atoms in total. The Labute approximate surface area is 230 Å². The zero-order valence-corrected chi connectivity index (χ0v) is 22.6. The number of sulfone groups is 1. The highest BCUT2D eigenvalue weighted by molar-refractivity contribution is 7.90. The molecule has 2 unspecified atom stereocenters. The summed E-state index contributed by atoms with van der Waals surface area (Å²) in [6, 6.07) is 15.6. The van der Waals surface area contributed by atoms with E-state index in [1.807, 2.05) is 0 Å². The summed E-state index contributed by atoms with van der Waals surface area (Å²) in [5.74, 6) is -1.37. The van der Waals surface area contributed by atoms with Crippen molar-refractivity contribution in [3.8, 4) is 11.1 Å². The number of nitrogens with zero attached hydrogens (tertiary/aromatic N) is 1. The van der Waals surface area contributed by atoms with Crippen LogP contribution in [0.5, 0.6) is 0 Å². The van der Waals surface area contributed by atoms with Gasteiger partial charge in [0, 0.05) is 35.5 Å². The number of β-amino-alcohol motifs (C(OH)–C–C–N with tert-alkyl or cyclic N) is 1. The topological polar surface area (TPSA) is 142 Å². The second-order valence-electron chi connectivity index (χ2n) is 9.00. The highest BCUT2D eigenvalue weighted by atomic mass is 35.5. The number of rotatable bonds is 6. The first-order valence-electron chi connectivity index (χ1n) is 11.8. The molecule has 4 rings (SSSR count). The predicted octanol–water partition coefficient (Wildman–Crippen LogP) is 3.80. The zero-order valence-electron chi connectivity index (χ0n) is 21.0. The summed E-state index contributed by atoms with van der Waals surface area (Å²) < 4.78 is 29.5. The third-order valence-corrected chi connectivity index (χ3v) is 7.63. The monoisotopic (exact) mass is 571 g/mol. The molecule has 3 amide bonds. The Morgan fingerprint density at radius 1 is 1.03 bits per heavy atom. The summed E-state index contributed by atoms with van der Waals surface area (Å²) in [6.45, 7) is -0.0669. The van der Waals surface area contributed by atoms with Crippen molar-refractivity contribution in [2.45, 2.75) is 23.5 Å². The third-order valence-electron chi connectivity index (χ3n) is 6.22. The molecule has 0 aliphatic carbocycles. The van der Waals surface area contributed by atoms with Crippen LogP contribution in [0.2, 0.25) is 5.02 Å². The van der Waals surface area contributed by atoms with Crippen LogP contribution in [-0.4, -0.2) is 68.4 Å². The number of nitrogens with one attached hydrogen (secondary N) is 2. The van der Waals surface area contributed by atoms with Crippen LogP contribution in [0.3, 0.4) is 0 Å². The lowest BCUT2D eigenvalue weighted by Gasteiger charge is -2.24.